The normalized spacial score (nSPS) is 21.6. The second-order valence-electron chi connectivity index (χ2n) is 8.78. The molecule has 0 spiro atoms. The number of pyridine rings is 1. The summed E-state index contributed by atoms with van der Waals surface area (Å²) in [5.41, 5.74) is 5.62. The third kappa shape index (κ3) is 3.17. The van der Waals surface area contributed by atoms with Crippen LogP contribution in [0.4, 0.5) is 11.8 Å². The van der Waals surface area contributed by atoms with Gasteiger partial charge in [-0.15, -0.1) is 5.10 Å². The second kappa shape index (κ2) is 7.16. The molecule has 0 amide bonds. The van der Waals surface area contributed by atoms with Crippen molar-refractivity contribution in [3.8, 4) is 11.1 Å². The number of ether oxygens (including phenoxy) is 1. The molecule has 2 fully saturated rings. The Balaban J connectivity index is 1.32. The van der Waals surface area contributed by atoms with Crippen molar-refractivity contribution in [3.63, 3.8) is 0 Å². The van der Waals surface area contributed by atoms with Gasteiger partial charge < -0.3 is 10.1 Å². The average Bonchev–Trinajstić information content (AvgIpc) is 3.42. The molecular weight excluding hydrogens is 376 g/mol. The van der Waals surface area contributed by atoms with E-state index < -0.39 is 0 Å². The molecule has 1 N–H and O–H groups in total. The molecule has 3 aliphatic rings. The van der Waals surface area contributed by atoms with Gasteiger partial charge in [-0.3, -0.25) is 0 Å². The van der Waals surface area contributed by atoms with Crippen LogP contribution in [0.25, 0.3) is 16.6 Å². The molecule has 30 heavy (non-hydrogen) atoms. The Morgan fingerprint density at radius 2 is 2.00 bits per heavy atom. The molecule has 0 aromatic carbocycles. The van der Waals surface area contributed by atoms with Crippen molar-refractivity contribution in [2.45, 2.75) is 38.5 Å². The Kier molecular flexibility index (Phi) is 4.30. The third-order valence-electron chi connectivity index (χ3n) is 6.67. The standard InChI is InChI=1S/C23H26N6O/c1-14-21(16-5-8-30-9-6-16)19-10-17(12-24-22(19)27-14)18-4-7-29-20(18)13-26-23(28-29)25-11-15-2-3-15/h4,7,10,12-13,15-16,21H,2-3,5-6,8-9,11H2,1H3,(H,25,28). The van der Waals surface area contributed by atoms with Crippen LogP contribution in [0.1, 0.15) is 44.1 Å². The van der Waals surface area contributed by atoms with Crippen LogP contribution in [0.5, 0.6) is 0 Å². The predicted octanol–water partition coefficient (Wildman–Crippen LogP) is 4.23. The van der Waals surface area contributed by atoms with Gasteiger partial charge >= 0.3 is 0 Å². The summed E-state index contributed by atoms with van der Waals surface area (Å²) < 4.78 is 7.48. The molecule has 5 heterocycles. The van der Waals surface area contributed by atoms with Crippen molar-refractivity contribution in [2.75, 3.05) is 25.1 Å². The zero-order valence-electron chi connectivity index (χ0n) is 17.2. The number of fused-ring (bicyclic) bond motifs is 2. The highest BCUT2D eigenvalue weighted by Crippen LogP contribution is 2.43. The van der Waals surface area contributed by atoms with Crippen molar-refractivity contribution in [2.24, 2.45) is 16.8 Å². The number of anilines is 1. The van der Waals surface area contributed by atoms with E-state index in [1.54, 1.807) is 0 Å². The van der Waals surface area contributed by atoms with Gasteiger partial charge in [-0.1, -0.05) is 0 Å². The zero-order chi connectivity index (χ0) is 20.1. The first-order chi connectivity index (χ1) is 14.8. The number of hydrogen-bond donors (Lipinski definition) is 1. The van der Waals surface area contributed by atoms with E-state index in [9.17, 15) is 0 Å². The van der Waals surface area contributed by atoms with E-state index in [0.29, 0.717) is 17.8 Å². The number of aliphatic imine (C=N–C) groups is 1. The monoisotopic (exact) mass is 402 g/mol. The van der Waals surface area contributed by atoms with Crippen LogP contribution >= 0.6 is 0 Å². The van der Waals surface area contributed by atoms with Gasteiger partial charge in [0.25, 0.3) is 0 Å². The first kappa shape index (κ1) is 18.0. The average molecular weight is 403 g/mol. The maximum atomic E-state index is 5.58. The Bertz CT molecular complexity index is 1130. The lowest BCUT2D eigenvalue weighted by atomic mass is 9.80. The fourth-order valence-electron chi connectivity index (χ4n) is 4.83. The summed E-state index contributed by atoms with van der Waals surface area (Å²) in [6.45, 7) is 4.78. The lowest BCUT2D eigenvalue weighted by Crippen LogP contribution is -2.24. The lowest BCUT2D eigenvalue weighted by molar-refractivity contribution is 0.0641. The first-order valence-electron chi connectivity index (χ1n) is 11.0. The molecule has 6 rings (SSSR count). The molecule has 1 saturated heterocycles. The number of aromatic nitrogens is 4. The van der Waals surface area contributed by atoms with Gasteiger partial charge in [-0.2, -0.15) is 0 Å². The summed E-state index contributed by atoms with van der Waals surface area (Å²) >= 11 is 0. The van der Waals surface area contributed by atoms with Crippen molar-refractivity contribution in [3.05, 3.63) is 36.3 Å². The Morgan fingerprint density at radius 1 is 1.13 bits per heavy atom. The molecule has 154 valence electrons. The molecule has 7 nitrogen and oxygen atoms in total. The van der Waals surface area contributed by atoms with Crippen LogP contribution in [-0.2, 0) is 4.74 Å². The molecule has 3 aromatic heterocycles. The molecule has 3 aromatic rings. The quantitative estimate of drug-likeness (QED) is 0.691. The smallest absolute Gasteiger partial charge is 0.241 e. The van der Waals surface area contributed by atoms with Crippen LogP contribution in [0, 0.1) is 11.8 Å². The van der Waals surface area contributed by atoms with Gasteiger partial charge in [0.1, 0.15) is 0 Å². The van der Waals surface area contributed by atoms with Gasteiger partial charge in [-0.25, -0.2) is 19.5 Å². The topological polar surface area (TPSA) is 76.7 Å². The molecule has 0 bridgehead atoms. The summed E-state index contributed by atoms with van der Waals surface area (Å²) in [4.78, 5) is 14.0. The summed E-state index contributed by atoms with van der Waals surface area (Å²) in [6, 6.07) is 4.38. The van der Waals surface area contributed by atoms with E-state index in [4.69, 9.17) is 14.7 Å². The molecule has 1 aliphatic carbocycles. The van der Waals surface area contributed by atoms with Crippen LogP contribution in [0.15, 0.2) is 35.7 Å². The number of nitrogens with one attached hydrogen (secondary N) is 1. The Hall–Kier alpha value is -2.80. The van der Waals surface area contributed by atoms with E-state index in [1.807, 2.05) is 23.1 Å². The highest BCUT2D eigenvalue weighted by molar-refractivity contribution is 5.96. The largest absolute Gasteiger partial charge is 0.381 e. The molecule has 7 heteroatoms. The van der Waals surface area contributed by atoms with Gasteiger partial charge in [0.05, 0.1) is 11.7 Å². The highest BCUT2D eigenvalue weighted by Gasteiger charge is 2.34. The minimum Gasteiger partial charge on any atom is -0.381 e. The lowest BCUT2D eigenvalue weighted by Gasteiger charge is -2.28. The number of nitrogens with zero attached hydrogens (tertiary/aromatic N) is 5. The fourth-order valence-corrected chi connectivity index (χ4v) is 4.83. The maximum absolute atomic E-state index is 5.58. The fraction of sp³-hybridized carbons (Fsp3) is 0.478. The minimum absolute atomic E-state index is 0.347. The molecule has 0 radical (unpaired) electrons. The molecule has 1 atom stereocenters. The van der Waals surface area contributed by atoms with Crippen molar-refractivity contribution >= 4 is 23.0 Å². The Labute approximate surface area is 175 Å². The van der Waals surface area contributed by atoms with Crippen molar-refractivity contribution < 1.29 is 4.74 Å². The van der Waals surface area contributed by atoms with Crippen LogP contribution < -0.4 is 5.32 Å². The number of hydrogen-bond acceptors (Lipinski definition) is 6. The van der Waals surface area contributed by atoms with E-state index in [2.05, 4.69) is 34.5 Å². The van der Waals surface area contributed by atoms with Crippen molar-refractivity contribution in [1.82, 2.24) is 19.6 Å². The van der Waals surface area contributed by atoms with E-state index in [1.165, 1.54) is 24.1 Å². The van der Waals surface area contributed by atoms with E-state index >= 15 is 0 Å². The first-order valence-corrected chi connectivity index (χ1v) is 11.0. The Morgan fingerprint density at radius 3 is 2.83 bits per heavy atom. The SMILES string of the molecule is CC1=Nc2ncc(-c3ccn4nc(NCC5CC5)ncc34)cc2C1C1CCOCC1. The number of rotatable bonds is 5. The molecule has 1 saturated carbocycles. The zero-order valence-corrected chi connectivity index (χ0v) is 17.2. The van der Waals surface area contributed by atoms with Crippen molar-refractivity contribution in [1.29, 1.82) is 0 Å². The maximum Gasteiger partial charge on any atom is 0.241 e. The summed E-state index contributed by atoms with van der Waals surface area (Å²) in [7, 11) is 0. The van der Waals surface area contributed by atoms with Crippen LogP contribution in [-0.4, -0.2) is 45.1 Å². The van der Waals surface area contributed by atoms with Gasteiger partial charge in [0, 0.05) is 60.5 Å². The summed E-state index contributed by atoms with van der Waals surface area (Å²) in [5.74, 6) is 3.28. The van der Waals surface area contributed by atoms with E-state index in [-0.39, 0.29) is 0 Å². The molecule has 2 aliphatic heterocycles. The van der Waals surface area contributed by atoms with Crippen LogP contribution in [0.3, 0.4) is 0 Å². The molecule has 1 unspecified atom stereocenters. The highest BCUT2D eigenvalue weighted by atomic mass is 16.5. The second-order valence-corrected chi connectivity index (χ2v) is 8.78. The van der Waals surface area contributed by atoms with Gasteiger partial charge in [-0.05, 0) is 56.6 Å². The van der Waals surface area contributed by atoms with Gasteiger partial charge in [0.2, 0.25) is 5.95 Å². The molecular formula is C23H26N6O. The van der Waals surface area contributed by atoms with Gasteiger partial charge in [0.15, 0.2) is 5.82 Å². The summed E-state index contributed by atoms with van der Waals surface area (Å²) in [5, 5.41) is 7.98. The predicted molar refractivity (Wildman–Crippen MR) is 116 cm³/mol. The summed E-state index contributed by atoms with van der Waals surface area (Å²) in [6.07, 6.45) is 10.6. The third-order valence-corrected chi connectivity index (χ3v) is 6.67. The minimum atomic E-state index is 0.347. The van der Waals surface area contributed by atoms with E-state index in [0.717, 1.165) is 61.0 Å². The van der Waals surface area contributed by atoms with Crippen LogP contribution in [0.2, 0.25) is 0 Å².